The molecule has 0 saturated carbocycles. The molecule has 0 unspecified atom stereocenters. The Hall–Kier alpha value is -4.54. The van der Waals surface area contributed by atoms with Crippen LogP contribution >= 0.6 is 0 Å². The van der Waals surface area contributed by atoms with E-state index >= 15 is 0 Å². The van der Waals surface area contributed by atoms with Crippen LogP contribution in [0.15, 0.2) is 97.1 Å². The van der Waals surface area contributed by atoms with E-state index in [0.717, 1.165) is 28.0 Å². The third kappa shape index (κ3) is 4.90. The summed E-state index contributed by atoms with van der Waals surface area (Å²) in [5.74, 6) is 1.43. The molecule has 4 aromatic rings. The van der Waals surface area contributed by atoms with Gasteiger partial charge >= 0.3 is 0 Å². The summed E-state index contributed by atoms with van der Waals surface area (Å²) in [4.78, 5) is 3.41. The van der Waals surface area contributed by atoms with Gasteiger partial charge in [-0.15, -0.1) is 0 Å². The number of nitriles is 1. The Labute approximate surface area is 181 Å². The van der Waals surface area contributed by atoms with E-state index in [1.54, 1.807) is 12.1 Å². The molecule has 4 nitrogen and oxygen atoms in total. The lowest BCUT2D eigenvalue weighted by molar-refractivity contribution is 0.120. The molecule has 0 saturated heterocycles. The standard InChI is InChI=1S/C27H18N2O2/c1-29-25-12-6-22(7-13-25)24-10-16-27(17-11-24)31-19-30-26-14-8-23(9-15-26)21-4-2-20(18-28)3-5-21/h2-17H,19H2. The number of nitrogens with zero attached hydrogens (tertiary/aromatic N) is 2. The molecular weight excluding hydrogens is 384 g/mol. The predicted molar refractivity (Wildman–Crippen MR) is 121 cm³/mol. The van der Waals surface area contributed by atoms with Crippen molar-refractivity contribution in [2.45, 2.75) is 0 Å². The van der Waals surface area contributed by atoms with Crippen molar-refractivity contribution in [1.29, 1.82) is 5.26 Å². The molecule has 0 aromatic heterocycles. The molecule has 148 valence electrons. The van der Waals surface area contributed by atoms with Crippen LogP contribution in [0, 0.1) is 17.9 Å². The number of rotatable bonds is 6. The van der Waals surface area contributed by atoms with Crippen LogP contribution in [-0.4, -0.2) is 6.79 Å². The molecule has 0 aliphatic heterocycles. The molecule has 4 aromatic carbocycles. The minimum absolute atomic E-state index is 0.106. The van der Waals surface area contributed by atoms with Crippen LogP contribution in [0.25, 0.3) is 27.1 Å². The third-order valence-electron chi connectivity index (χ3n) is 4.84. The summed E-state index contributed by atoms with van der Waals surface area (Å²) in [5.41, 5.74) is 5.49. The molecule has 31 heavy (non-hydrogen) atoms. The van der Waals surface area contributed by atoms with Crippen molar-refractivity contribution in [1.82, 2.24) is 0 Å². The zero-order valence-corrected chi connectivity index (χ0v) is 16.7. The molecule has 0 amide bonds. The third-order valence-corrected chi connectivity index (χ3v) is 4.84. The Balaban J connectivity index is 1.31. The van der Waals surface area contributed by atoms with Gasteiger partial charge < -0.3 is 9.47 Å². The molecule has 0 aliphatic carbocycles. The molecular formula is C27H18N2O2. The van der Waals surface area contributed by atoms with Crippen LogP contribution in [0.3, 0.4) is 0 Å². The topological polar surface area (TPSA) is 46.6 Å². The fourth-order valence-corrected chi connectivity index (χ4v) is 3.12. The van der Waals surface area contributed by atoms with E-state index in [2.05, 4.69) is 10.9 Å². The monoisotopic (exact) mass is 402 g/mol. The van der Waals surface area contributed by atoms with E-state index in [-0.39, 0.29) is 6.79 Å². The maximum Gasteiger partial charge on any atom is 0.230 e. The van der Waals surface area contributed by atoms with E-state index in [4.69, 9.17) is 21.3 Å². The van der Waals surface area contributed by atoms with Crippen molar-refractivity contribution in [2.24, 2.45) is 0 Å². The lowest BCUT2D eigenvalue weighted by atomic mass is 10.0. The minimum Gasteiger partial charge on any atom is -0.458 e. The highest BCUT2D eigenvalue weighted by Gasteiger charge is 2.02. The van der Waals surface area contributed by atoms with Gasteiger partial charge in [-0.2, -0.15) is 5.26 Å². The van der Waals surface area contributed by atoms with Crippen molar-refractivity contribution >= 4 is 5.69 Å². The molecule has 0 N–H and O–H groups in total. The summed E-state index contributed by atoms with van der Waals surface area (Å²) < 4.78 is 11.4. The van der Waals surface area contributed by atoms with Gasteiger partial charge in [0.15, 0.2) is 5.69 Å². The predicted octanol–water partition coefficient (Wildman–Crippen LogP) is 6.86. The highest BCUT2D eigenvalue weighted by Crippen LogP contribution is 2.25. The van der Waals surface area contributed by atoms with Crippen molar-refractivity contribution in [3.8, 4) is 39.8 Å². The Morgan fingerprint density at radius 1 is 0.613 bits per heavy atom. The molecule has 0 heterocycles. The fraction of sp³-hybridized carbons (Fsp3) is 0.0370. The van der Waals surface area contributed by atoms with Crippen LogP contribution in [0.1, 0.15) is 5.56 Å². The second-order valence-corrected chi connectivity index (χ2v) is 6.80. The molecule has 0 atom stereocenters. The Morgan fingerprint density at radius 3 is 1.39 bits per heavy atom. The quantitative estimate of drug-likeness (QED) is 0.261. The average Bonchev–Trinajstić information content (AvgIpc) is 2.85. The minimum atomic E-state index is 0.106. The van der Waals surface area contributed by atoms with Crippen LogP contribution in [0.2, 0.25) is 0 Å². The lowest BCUT2D eigenvalue weighted by Crippen LogP contribution is -2.05. The number of hydrogen-bond donors (Lipinski definition) is 0. The van der Waals surface area contributed by atoms with Crippen LogP contribution in [0.5, 0.6) is 11.5 Å². The first-order chi connectivity index (χ1) is 15.2. The summed E-state index contributed by atoms with van der Waals surface area (Å²) in [7, 11) is 0. The van der Waals surface area contributed by atoms with Crippen LogP contribution < -0.4 is 9.47 Å². The number of ether oxygens (including phenoxy) is 2. The molecule has 4 heteroatoms. The van der Waals surface area contributed by atoms with Crippen molar-refractivity contribution in [3.05, 3.63) is 114 Å². The van der Waals surface area contributed by atoms with Crippen molar-refractivity contribution in [3.63, 3.8) is 0 Å². The van der Waals surface area contributed by atoms with Gasteiger partial charge in [-0.25, -0.2) is 4.85 Å². The van der Waals surface area contributed by atoms with Gasteiger partial charge in [-0.1, -0.05) is 60.7 Å². The van der Waals surface area contributed by atoms with Gasteiger partial charge in [0.05, 0.1) is 18.2 Å². The van der Waals surface area contributed by atoms with Gasteiger partial charge in [0.1, 0.15) is 11.5 Å². The van der Waals surface area contributed by atoms with E-state index in [1.165, 1.54) is 0 Å². The highest BCUT2D eigenvalue weighted by molar-refractivity contribution is 5.67. The van der Waals surface area contributed by atoms with Gasteiger partial charge in [0.2, 0.25) is 6.79 Å². The molecule has 0 aliphatic rings. The van der Waals surface area contributed by atoms with E-state index in [9.17, 15) is 0 Å². The van der Waals surface area contributed by atoms with Crippen LogP contribution in [0.4, 0.5) is 5.69 Å². The fourth-order valence-electron chi connectivity index (χ4n) is 3.12. The van der Waals surface area contributed by atoms with Gasteiger partial charge in [0.25, 0.3) is 0 Å². The van der Waals surface area contributed by atoms with Gasteiger partial charge in [0, 0.05) is 0 Å². The normalized spacial score (nSPS) is 10.0. The average molecular weight is 402 g/mol. The van der Waals surface area contributed by atoms with E-state index < -0.39 is 0 Å². The molecule has 0 radical (unpaired) electrons. The lowest BCUT2D eigenvalue weighted by Gasteiger charge is -2.10. The van der Waals surface area contributed by atoms with E-state index in [1.807, 2.05) is 84.9 Å². The summed E-state index contributed by atoms with van der Waals surface area (Å²) in [6.07, 6.45) is 0. The Kier molecular flexibility index (Phi) is 5.93. The van der Waals surface area contributed by atoms with Gasteiger partial charge in [-0.05, 0) is 58.7 Å². The second-order valence-electron chi connectivity index (χ2n) is 6.80. The van der Waals surface area contributed by atoms with Crippen molar-refractivity contribution in [2.75, 3.05) is 6.79 Å². The first-order valence-corrected chi connectivity index (χ1v) is 9.69. The van der Waals surface area contributed by atoms with Crippen LogP contribution in [-0.2, 0) is 0 Å². The maximum absolute atomic E-state index is 8.90. The Morgan fingerprint density at radius 2 is 1.00 bits per heavy atom. The maximum atomic E-state index is 8.90. The van der Waals surface area contributed by atoms with Crippen molar-refractivity contribution < 1.29 is 9.47 Å². The highest BCUT2D eigenvalue weighted by atomic mass is 16.7. The number of benzene rings is 4. The van der Waals surface area contributed by atoms with Gasteiger partial charge in [-0.3, -0.25) is 0 Å². The number of hydrogen-bond acceptors (Lipinski definition) is 3. The summed E-state index contributed by atoms with van der Waals surface area (Å²) >= 11 is 0. The first kappa shape index (κ1) is 19.8. The largest absolute Gasteiger partial charge is 0.458 e. The second kappa shape index (κ2) is 9.31. The molecule has 0 spiro atoms. The Bertz CT molecular complexity index is 1130. The molecule has 4 rings (SSSR count). The van der Waals surface area contributed by atoms with E-state index in [0.29, 0.717) is 17.0 Å². The SMILES string of the molecule is [C-]#[N+]c1ccc(-c2ccc(OCOc3ccc(-c4ccc(C#N)cc4)cc3)cc2)cc1. The zero-order valence-electron chi connectivity index (χ0n) is 16.7. The smallest absolute Gasteiger partial charge is 0.230 e. The molecule has 0 fully saturated rings. The summed E-state index contributed by atoms with van der Waals surface area (Å²) in [6.45, 7) is 7.13. The zero-order chi connectivity index (χ0) is 21.5. The summed E-state index contributed by atoms with van der Waals surface area (Å²) in [6, 6.07) is 32.6. The first-order valence-electron chi connectivity index (χ1n) is 9.69. The summed E-state index contributed by atoms with van der Waals surface area (Å²) in [5, 5.41) is 8.90. The molecule has 0 bridgehead atoms.